The maximum absolute atomic E-state index is 5.34. The number of hydrogen-bond acceptors (Lipinski definition) is 3. The molecule has 0 aromatic heterocycles. The van der Waals surface area contributed by atoms with E-state index in [9.17, 15) is 0 Å². The van der Waals surface area contributed by atoms with E-state index in [0.29, 0.717) is 6.04 Å². The average molecular weight is 220 g/mol. The Kier molecular flexibility index (Phi) is 3.34. The van der Waals surface area contributed by atoms with Crippen LogP contribution in [0.25, 0.3) is 0 Å². The van der Waals surface area contributed by atoms with E-state index in [1.54, 1.807) is 7.11 Å². The van der Waals surface area contributed by atoms with E-state index >= 15 is 0 Å². The molecule has 1 aliphatic heterocycles. The predicted molar refractivity (Wildman–Crippen MR) is 67.4 cm³/mol. The molecule has 1 saturated heterocycles. The topological polar surface area (TPSA) is 24.5 Å². The van der Waals surface area contributed by atoms with Gasteiger partial charge in [-0.15, -0.1) is 0 Å². The molecule has 0 atom stereocenters. The molecular formula is C13H20N2O. The third-order valence-corrected chi connectivity index (χ3v) is 3.36. The van der Waals surface area contributed by atoms with E-state index in [4.69, 9.17) is 4.74 Å². The Morgan fingerprint density at radius 3 is 2.69 bits per heavy atom. The van der Waals surface area contributed by atoms with Crippen LogP contribution in [0.1, 0.15) is 12.5 Å². The van der Waals surface area contributed by atoms with Crippen molar-refractivity contribution in [2.45, 2.75) is 19.4 Å². The molecule has 2 rings (SSSR count). The lowest BCUT2D eigenvalue weighted by Gasteiger charge is -2.37. The predicted octanol–water partition coefficient (Wildman–Crippen LogP) is 1.67. The van der Waals surface area contributed by atoms with E-state index in [0.717, 1.165) is 25.3 Å². The first kappa shape index (κ1) is 11.3. The summed E-state index contributed by atoms with van der Waals surface area (Å²) in [6, 6.07) is 7.07. The Balaban J connectivity index is 2.20. The van der Waals surface area contributed by atoms with Gasteiger partial charge in [0.05, 0.1) is 13.2 Å². The Labute approximate surface area is 97.4 Å². The lowest BCUT2D eigenvalue weighted by atomic mass is 10.1. The number of ether oxygens (including phenoxy) is 1. The molecule has 1 heterocycles. The Morgan fingerprint density at radius 1 is 1.44 bits per heavy atom. The van der Waals surface area contributed by atoms with E-state index < -0.39 is 0 Å². The summed E-state index contributed by atoms with van der Waals surface area (Å²) in [6.45, 7) is 4.33. The van der Waals surface area contributed by atoms with Crippen molar-refractivity contribution in [3.63, 3.8) is 0 Å². The normalized spacial score (nSPS) is 15.7. The van der Waals surface area contributed by atoms with Crippen molar-refractivity contribution in [2.24, 2.45) is 0 Å². The van der Waals surface area contributed by atoms with E-state index in [1.807, 2.05) is 0 Å². The van der Waals surface area contributed by atoms with Crippen molar-refractivity contribution in [3.05, 3.63) is 23.8 Å². The molecule has 0 radical (unpaired) electrons. The third kappa shape index (κ3) is 2.00. The van der Waals surface area contributed by atoms with Gasteiger partial charge in [-0.1, -0.05) is 6.92 Å². The Hall–Kier alpha value is -1.22. The summed E-state index contributed by atoms with van der Waals surface area (Å²) in [5.74, 6) is 0.992. The summed E-state index contributed by atoms with van der Waals surface area (Å²) in [6.07, 6.45) is 1.01. The van der Waals surface area contributed by atoms with Gasteiger partial charge in [0.25, 0.3) is 0 Å². The highest BCUT2D eigenvalue weighted by Gasteiger charge is 2.22. The number of nitrogens with one attached hydrogen (secondary N) is 1. The maximum atomic E-state index is 5.34. The van der Waals surface area contributed by atoms with Crippen LogP contribution >= 0.6 is 0 Å². The van der Waals surface area contributed by atoms with Gasteiger partial charge in [-0.2, -0.15) is 0 Å². The van der Waals surface area contributed by atoms with Crippen molar-refractivity contribution < 1.29 is 4.74 Å². The molecule has 0 saturated carbocycles. The summed E-state index contributed by atoms with van der Waals surface area (Å²) in [5, 5.41) is 3.30. The molecule has 0 aliphatic carbocycles. The second kappa shape index (κ2) is 4.74. The second-order valence-corrected chi connectivity index (χ2v) is 4.27. The molecule has 16 heavy (non-hydrogen) atoms. The third-order valence-electron chi connectivity index (χ3n) is 3.36. The fourth-order valence-electron chi connectivity index (χ4n) is 2.02. The first-order valence-corrected chi connectivity index (χ1v) is 5.86. The molecule has 3 heteroatoms. The van der Waals surface area contributed by atoms with Crippen molar-refractivity contribution in [1.29, 1.82) is 0 Å². The molecule has 1 aromatic carbocycles. The zero-order valence-corrected chi connectivity index (χ0v) is 10.3. The van der Waals surface area contributed by atoms with Crippen molar-refractivity contribution >= 4 is 5.69 Å². The van der Waals surface area contributed by atoms with E-state index in [-0.39, 0.29) is 0 Å². The minimum Gasteiger partial charge on any atom is -0.496 e. The first-order valence-electron chi connectivity index (χ1n) is 5.86. The summed E-state index contributed by atoms with van der Waals surface area (Å²) in [7, 11) is 3.89. The second-order valence-electron chi connectivity index (χ2n) is 4.27. The summed E-state index contributed by atoms with van der Waals surface area (Å²) in [5.41, 5.74) is 2.56. The summed E-state index contributed by atoms with van der Waals surface area (Å²) in [4.78, 5) is 2.34. The standard InChI is InChI=1S/C13H20N2O/c1-4-10-7-11(5-6-13(10)16-3)15(2)12-8-14-9-12/h5-7,12,14H,4,8-9H2,1-3H3. The maximum Gasteiger partial charge on any atom is 0.122 e. The number of hydrogen-bond donors (Lipinski definition) is 1. The molecule has 1 N–H and O–H groups in total. The van der Waals surface area contributed by atoms with Gasteiger partial charge in [0.2, 0.25) is 0 Å². The van der Waals surface area contributed by atoms with Crippen molar-refractivity contribution in [2.75, 3.05) is 32.1 Å². The van der Waals surface area contributed by atoms with Gasteiger partial charge in [-0.3, -0.25) is 0 Å². The number of benzene rings is 1. The summed E-state index contributed by atoms with van der Waals surface area (Å²) >= 11 is 0. The first-order chi connectivity index (χ1) is 7.76. The van der Waals surface area contributed by atoms with Crippen LogP contribution in [0.2, 0.25) is 0 Å². The van der Waals surface area contributed by atoms with Gasteiger partial charge in [-0.25, -0.2) is 0 Å². The lowest BCUT2D eigenvalue weighted by Crippen LogP contribution is -2.56. The van der Waals surface area contributed by atoms with Crippen molar-refractivity contribution in [3.8, 4) is 5.75 Å². The Morgan fingerprint density at radius 2 is 2.19 bits per heavy atom. The highest BCUT2D eigenvalue weighted by atomic mass is 16.5. The SMILES string of the molecule is CCc1cc(N(C)C2CNC2)ccc1OC. The summed E-state index contributed by atoms with van der Waals surface area (Å²) < 4.78 is 5.34. The van der Waals surface area contributed by atoms with Crippen LogP contribution in [0.3, 0.4) is 0 Å². The zero-order chi connectivity index (χ0) is 11.5. The molecule has 1 aromatic rings. The monoisotopic (exact) mass is 220 g/mol. The molecule has 88 valence electrons. The molecule has 0 unspecified atom stereocenters. The quantitative estimate of drug-likeness (QED) is 0.835. The molecule has 1 aliphatic rings. The number of rotatable bonds is 4. The average Bonchev–Trinajstić information content (AvgIpc) is 2.25. The van der Waals surface area contributed by atoms with Gasteiger partial charge < -0.3 is 15.0 Å². The van der Waals surface area contributed by atoms with Crippen LogP contribution < -0.4 is 15.0 Å². The molecule has 3 nitrogen and oxygen atoms in total. The smallest absolute Gasteiger partial charge is 0.122 e. The molecule has 0 bridgehead atoms. The van der Waals surface area contributed by atoms with Crippen LogP contribution in [0.5, 0.6) is 5.75 Å². The largest absolute Gasteiger partial charge is 0.496 e. The number of likely N-dealkylation sites (N-methyl/N-ethyl adjacent to an activating group) is 1. The van der Waals surface area contributed by atoms with E-state index in [2.05, 4.69) is 42.4 Å². The molecule has 1 fully saturated rings. The van der Waals surface area contributed by atoms with Gasteiger partial charge in [0.15, 0.2) is 0 Å². The van der Waals surface area contributed by atoms with E-state index in [1.165, 1.54) is 11.3 Å². The number of methoxy groups -OCH3 is 1. The van der Waals surface area contributed by atoms with Gasteiger partial charge in [0.1, 0.15) is 5.75 Å². The van der Waals surface area contributed by atoms with Crippen LogP contribution in [0.4, 0.5) is 5.69 Å². The zero-order valence-electron chi connectivity index (χ0n) is 10.3. The highest BCUT2D eigenvalue weighted by molar-refractivity contribution is 5.54. The lowest BCUT2D eigenvalue weighted by molar-refractivity contribution is 0.409. The number of anilines is 1. The highest BCUT2D eigenvalue weighted by Crippen LogP contribution is 2.26. The van der Waals surface area contributed by atoms with Crippen LogP contribution in [-0.2, 0) is 6.42 Å². The van der Waals surface area contributed by atoms with Gasteiger partial charge in [0, 0.05) is 25.8 Å². The number of aryl methyl sites for hydroxylation is 1. The fraction of sp³-hybridized carbons (Fsp3) is 0.538. The minimum absolute atomic E-state index is 0.637. The molecule has 0 spiro atoms. The fourth-order valence-corrected chi connectivity index (χ4v) is 2.02. The molecular weight excluding hydrogens is 200 g/mol. The van der Waals surface area contributed by atoms with Crippen LogP contribution in [0, 0.1) is 0 Å². The molecule has 0 amide bonds. The Bertz CT molecular complexity index is 361. The van der Waals surface area contributed by atoms with Crippen LogP contribution in [0.15, 0.2) is 18.2 Å². The number of nitrogens with zero attached hydrogens (tertiary/aromatic N) is 1. The minimum atomic E-state index is 0.637. The van der Waals surface area contributed by atoms with Crippen LogP contribution in [-0.4, -0.2) is 33.3 Å². The van der Waals surface area contributed by atoms with Gasteiger partial charge >= 0.3 is 0 Å². The van der Waals surface area contributed by atoms with Crippen molar-refractivity contribution in [1.82, 2.24) is 5.32 Å². The van der Waals surface area contributed by atoms with Gasteiger partial charge in [-0.05, 0) is 30.2 Å².